The van der Waals surface area contributed by atoms with E-state index in [0.29, 0.717) is 5.82 Å². The smallest absolute Gasteiger partial charge is 0.100 e. The molecular formula is C12H13N3. The third-order valence-corrected chi connectivity index (χ3v) is 2.34. The van der Waals surface area contributed by atoms with E-state index in [1.54, 1.807) is 4.90 Å². The van der Waals surface area contributed by atoms with E-state index in [-0.39, 0.29) is 0 Å². The number of fused-ring (bicyclic) bond motifs is 1. The molecule has 0 bridgehead atoms. The lowest BCUT2D eigenvalue weighted by atomic mass is 10.1. The molecule has 1 heterocycles. The zero-order chi connectivity index (χ0) is 11.0. The highest BCUT2D eigenvalue weighted by Crippen LogP contribution is 2.36. The van der Waals surface area contributed by atoms with Gasteiger partial charge in [-0.15, -0.1) is 0 Å². The molecule has 1 aromatic rings. The Hall–Kier alpha value is -2.16. The third kappa shape index (κ3) is 1.38. The summed E-state index contributed by atoms with van der Waals surface area (Å²) >= 11 is 0. The first-order chi connectivity index (χ1) is 7.11. The molecule has 0 amide bonds. The molecule has 0 spiro atoms. The van der Waals surface area contributed by atoms with Gasteiger partial charge in [0, 0.05) is 0 Å². The first kappa shape index (κ1) is 9.40. The molecule has 0 aromatic heterocycles. The number of nitrogens with one attached hydrogen (secondary N) is 1. The van der Waals surface area contributed by atoms with E-state index in [0.717, 1.165) is 22.8 Å². The summed E-state index contributed by atoms with van der Waals surface area (Å²) in [5.41, 5.74) is 9.10. The topological polar surface area (TPSA) is 41.3 Å². The maximum Gasteiger partial charge on any atom is 0.100 e. The number of rotatable bonds is 1. The van der Waals surface area contributed by atoms with Gasteiger partial charge < -0.3 is 11.1 Å². The van der Waals surface area contributed by atoms with Crippen LogP contribution in [0.25, 0.3) is 0 Å². The Kier molecular flexibility index (Phi) is 2.01. The van der Waals surface area contributed by atoms with Gasteiger partial charge in [0.15, 0.2) is 0 Å². The van der Waals surface area contributed by atoms with Gasteiger partial charge in [-0.1, -0.05) is 31.9 Å². The Balaban J connectivity index is 2.59. The molecule has 0 saturated heterocycles. The van der Waals surface area contributed by atoms with Crippen molar-refractivity contribution in [3.05, 3.63) is 61.2 Å². The summed E-state index contributed by atoms with van der Waals surface area (Å²) in [5, 5.41) is 3.16. The van der Waals surface area contributed by atoms with Crippen LogP contribution in [0.3, 0.4) is 0 Å². The molecule has 1 aliphatic rings. The average molecular weight is 199 g/mol. The fourth-order valence-electron chi connectivity index (χ4n) is 1.62. The van der Waals surface area contributed by atoms with E-state index in [9.17, 15) is 0 Å². The van der Waals surface area contributed by atoms with Crippen LogP contribution in [0.4, 0.5) is 11.4 Å². The van der Waals surface area contributed by atoms with E-state index in [1.807, 2.05) is 24.3 Å². The second-order valence-corrected chi connectivity index (χ2v) is 3.39. The highest BCUT2D eigenvalue weighted by atomic mass is 15.3. The summed E-state index contributed by atoms with van der Waals surface area (Å²) in [6, 6.07) is 7.81. The monoisotopic (exact) mass is 199 g/mol. The minimum atomic E-state index is 0.440. The van der Waals surface area contributed by atoms with Crippen LogP contribution in [0, 0.1) is 0 Å². The van der Waals surface area contributed by atoms with E-state index in [4.69, 9.17) is 5.73 Å². The lowest BCUT2D eigenvalue weighted by Crippen LogP contribution is -2.31. The molecule has 76 valence electrons. The molecule has 0 saturated carbocycles. The number of hydrogen-bond acceptors (Lipinski definition) is 3. The largest absolute Gasteiger partial charge is 0.385 e. The summed E-state index contributed by atoms with van der Waals surface area (Å²) in [4.78, 5) is 1.79. The summed E-state index contributed by atoms with van der Waals surface area (Å²) < 4.78 is 0. The second-order valence-electron chi connectivity index (χ2n) is 3.39. The molecule has 3 nitrogen and oxygen atoms in total. The zero-order valence-electron chi connectivity index (χ0n) is 8.46. The molecule has 3 heteroatoms. The Morgan fingerprint density at radius 2 is 1.93 bits per heavy atom. The minimum Gasteiger partial charge on any atom is -0.385 e. The molecule has 3 N–H and O–H groups in total. The Morgan fingerprint density at radius 1 is 1.27 bits per heavy atom. The number of nitrogens with two attached hydrogens (primary N) is 1. The van der Waals surface area contributed by atoms with Crippen molar-refractivity contribution >= 4 is 11.4 Å². The van der Waals surface area contributed by atoms with Gasteiger partial charge in [0.2, 0.25) is 0 Å². The fraction of sp³-hybridized carbons (Fsp3) is 0. The molecule has 0 radical (unpaired) electrons. The summed E-state index contributed by atoms with van der Waals surface area (Å²) in [6.07, 6.45) is 0. The number of para-hydroxylation sites is 2. The van der Waals surface area contributed by atoms with Crippen molar-refractivity contribution in [3.8, 4) is 0 Å². The molecule has 0 fully saturated rings. The van der Waals surface area contributed by atoms with E-state index >= 15 is 0 Å². The van der Waals surface area contributed by atoms with Gasteiger partial charge in [-0.2, -0.15) is 0 Å². The third-order valence-electron chi connectivity index (χ3n) is 2.34. The van der Waals surface area contributed by atoms with Crippen LogP contribution in [0.1, 0.15) is 0 Å². The summed E-state index contributed by atoms with van der Waals surface area (Å²) in [6.45, 7) is 11.5. The van der Waals surface area contributed by atoms with Crippen molar-refractivity contribution in [1.29, 1.82) is 0 Å². The highest BCUT2D eigenvalue weighted by molar-refractivity contribution is 5.81. The maximum absolute atomic E-state index is 5.74. The molecule has 0 aliphatic carbocycles. The molecule has 0 atom stereocenters. The normalized spacial score (nSPS) is 14.5. The van der Waals surface area contributed by atoms with Crippen LogP contribution in [-0.2, 0) is 0 Å². The first-order valence-corrected chi connectivity index (χ1v) is 4.60. The van der Waals surface area contributed by atoms with Crippen molar-refractivity contribution < 1.29 is 0 Å². The Bertz CT molecular complexity index is 460. The van der Waals surface area contributed by atoms with Gasteiger partial charge in [-0.05, 0) is 12.1 Å². The Morgan fingerprint density at radius 3 is 2.60 bits per heavy atom. The predicted octanol–water partition coefficient (Wildman–Crippen LogP) is 2.38. The zero-order valence-corrected chi connectivity index (χ0v) is 8.46. The lowest BCUT2D eigenvalue weighted by molar-refractivity contribution is 1.04. The van der Waals surface area contributed by atoms with Crippen molar-refractivity contribution in [3.63, 3.8) is 0 Å². The van der Waals surface area contributed by atoms with Crippen LogP contribution in [0.15, 0.2) is 61.2 Å². The van der Waals surface area contributed by atoms with Crippen LogP contribution >= 0.6 is 0 Å². The maximum atomic E-state index is 5.74. The molecule has 0 unspecified atom stereocenters. The quantitative estimate of drug-likeness (QED) is 0.729. The van der Waals surface area contributed by atoms with Crippen LogP contribution in [0.5, 0.6) is 0 Å². The lowest BCUT2D eigenvalue weighted by Gasteiger charge is -2.34. The number of anilines is 2. The van der Waals surface area contributed by atoms with Crippen LogP contribution < -0.4 is 16.0 Å². The molecule has 2 rings (SSSR count). The van der Waals surface area contributed by atoms with Crippen LogP contribution in [-0.4, -0.2) is 0 Å². The number of hydrogen-bond donors (Lipinski definition) is 2. The molecular weight excluding hydrogens is 186 g/mol. The van der Waals surface area contributed by atoms with Crippen molar-refractivity contribution in [1.82, 2.24) is 0 Å². The number of benzene rings is 1. The van der Waals surface area contributed by atoms with Gasteiger partial charge in [0.1, 0.15) is 5.82 Å². The predicted molar refractivity (Wildman–Crippen MR) is 64.2 cm³/mol. The van der Waals surface area contributed by atoms with Crippen LogP contribution in [0.2, 0.25) is 0 Å². The second kappa shape index (κ2) is 3.20. The van der Waals surface area contributed by atoms with Gasteiger partial charge in [-0.3, -0.25) is 4.90 Å². The van der Waals surface area contributed by atoms with Gasteiger partial charge in [0.25, 0.3) is 0 Å². The SMILES string of the molecule is C=C1Nc2ccccc2N(C(=C)N)C1=C. The Labute approximate surface area is 89.2 Å². The van der Waals surface area contributed by atoms with Gasteiger partial charge >= 0.3 is 0 Å². The minimum absolute atomic E-state index is 0.440. The van der Waals surface area contributed by atoms with Crippen molar-refractivity contribution in [2.24, 2.45) is 5.73 Å². The summed E-state index contributed by atoms with van der Waals surface area (Å²) in [5.74, 6) is 0.440. The van der Waals surface area contributed by atoms with Gasteiger partial charge in [0.05, 0.1) is 22.8 Å². The van der Waals surface area contributed by atoms with Gasteiger partial charge in [-0.25, -0.2) is 0 Å². The standard InChI is InChI=1S/C12H13N3/c1-8-9(2)15(10(3)13)12-7-5-4-6-11(12)14-8/h4-7,14H,1-3,13H2. The molecule has 15 heavy (non-hydrogen) atoms. The number of nitrogens with zero attached hydrogens (tertiary/aromatic N) is 1. The molecule has 1 aromatic carbocycles. The van der Waals surface area contributed by atoms with E-state index in [1.165, 1.54) is 0 Å². The van der Waals surface area contributed by atoms with E-state index < -0.39 is 0 Å². The first-order valence-electron chi connectivity index (χ1n) is 4.60. The van der Waals surface area contributed by atoms with Crippen molar-refractivity contribution in [2.75, 3.05) is 10.2 Å². The van der Waals surface area contributed by atoms with Crippen molar-refractivity contribution in [2.45, 2.75) is 0 Å². The van der Waals surface area contributed by atoms with E-state index in [2.05, 4.69) is 25.1 Å². The fourth-order valence-corrected chi connectivity index (χ4v) is 1.62. The average Bonchev–Trinajstić information content (AvgIpc) is 2.19. The molecule has 1 aliphatic heterocycles. The summed E-state index contributed by atoms with van der Waals surface area (Å²) in [7, 11) is 0. The highest BCUT2D eigenvalue weighted by Gasteiger charge is 2.22.